The van der Waals surface area contributed by atoms with Gasteiger partial charge < -0.3 is 23.8 Å². The van der Waals surface area contributed by atoms with Gasteiger partial charge in [-0.05, 0) is 80.6 Å². The molecule has 2 aliphatic heterocycles. The lowest BCUT2D eigenvalue weighted by molar-refractivity contribution is -0.274. The van der Waals surface area contributed by atoms with Crippen molar-refractivity contribution in [2.75, 3.05) is 27.2 Å². The summed E-state index contributed by atoms with van der Waals surface area (Å²) >= 11 is 0. The first kappa shape index (κ1) is 31.3. The summed E-state index contributed by atoms with van der Waals surface area (Å²) in [5.41, 5.74) is 1.01. The summed E-state index contributed by atoms with van der Waals surface area (Å²) < 4.78 is 61.6. The second-order valence-electron chi connectivity index (χ2n) is 13.0. The van der Waals surface area contributed by atoms with Crippen LogP contribution in [0.2, 0.25) is 0 Å². The normalized spacial score (nSPS) is 28.4. The molecule has 2 bridgehead atoms. The molecule has 1 spiro atoms. The standard InChI is InChI=1S/C34H39F3N2O6/c1-20(2)19-39(28(41)12-9-22-7-6-8-24(17-22)45-34(35,36)37)25-13-14-33(44-21(3)40)27-18-23-10-11-26(42-5)30-29(23)32(33,31(25)43-30)15-16-38(27)4/h6-12,17,20,25,27,31H,13-16,18-19H2,1-5H3/t25-,27-,31+,32+,33-/m1/s1. The quantitative estimate of drug-likeness (QED) is 0.282. The number of benzene rings is 2. The van der Waals surface area contributed by atoms with Crippen molar-refractivity contribution in [1.82, 2.24) is 9.80 Å². The number of methoxy groups -OCH3 is 1. The number of likely N-dealkylation sites (N-methyl/N-ethyl adjacent to an activating group) is 1. The van der Waals surface area contributed by atoms with Crippen LogP contribution in [0.5, 0.6) is 17.2 Å². The number of carbonyl (C=O) groups excluding carboxylic acids is 2. The van der Waals surface area contributed by atoms with Gasteiger partial charge in [-0.25, -0.2) is 0 Å². The molecule has 0 radical (unpaired) electrons. The number of ether oxygens (including phenoxy) is 4. The van der Waals surface area contributed by atoms with Crippen LogP contribution in [0.1, 0.15) is 56.7 Å². The van der Waals surface area contributed by atoms with Gasteiger partial charge in [-0.15, -0.1) is 13.2 Å². The minimum atomic E-state index is -4.82. The summed E-state index contributed by atoms with van der Waals surface area (Å²) in [5, 5.41) is 0. The smallest absolute Gasteiger partial charge is 0.493 e. The molecular weight excluding hydrogens is 589 g/mol. The molecule has 0 unspecified atom stereocenters. The van der Waals surface area contributed by atoms with Gasteiger partial charge >= 0.3 is 12.3 Å². The van der Waals surface area contributed by atoms with E-state index in [4.69, 9.17) is 14.2 Å². The number of hydrogen-bond acceptors (Lipinski definition) is 7. The van der Waals surface area contributed by atoms with Gasteiger partial charge in [0.05, 0.1) is 24.6 Å². The van der Waals surface area contributed by atoms with E-state index in [1.54, 1.807) is 13.2 Å². The van der Waals surface area contributed by atoms with E-state index < -0.39 is 23.5 Å². The third-order valence-electron chi connectivity index (χ3n) is 9.94. The van der Waals surface area contributed by atoms with E-state index >= 15 is 0 Å². The molecular formula is C34H39F3N2O6. The number of nitrogens with zero attached hydrogens (tertiary/aromatic N) is 2. The van der Waals surface area contributed by atoms with E-state index in [2.05, 4.69) is 22.8 Å². The highest BCUT2D eigenvalue weighted by atomic mass is 19.4. The highest BCUT2D eigenvalue weighted by molar-refractivity contribution is 5.92. The molecule has 8 nitrogen and oxygen atoms in total. The predicted octanol–water partition coefficient (Wildman–Crippen LogP) is 5.52. The number of esters is 1. The van der Waals surface area contributed by atoms with Crippen molar-refractivity contribution in [3.8, 4) is 17.2 Å². The van der Waals surface area contributed by atoms with Crippen LogP contribution in [-0.2, 0) is 26.2 Å². The Balaban J connectivity index is 1.41. The number of alkyl halides is 3. The van der Waals surface area contributed by atoms with Crippen LogP contribution in [0.25, 0.3) is 6.08 Å². The van der Waals surface area contributed by atoms with Crippen LogP contribution >= 0.6 is 0 Å². The zero-order valence-corrected chi connectivity index (χ0v) is 26.1. The molecule has 6 rings (SSSR count). The molecule has 4 aliphatic rings. The van der Waals surface area contributed by atoms with Crippen LogP contribution in [-0.4, -0.2) is 79.1 Å². The lowest BCUT2D eigenvalue weighted by atomic mass is 9.48. The second-order valence-corrected chi connectivity index (χ2v) is 13.0. The molecule has 5 atom stereocenters. The number of piperidine rings is 1. The van der Waals surface area contributed by atoms with Gasteiger partial charge in [0.25, 0.3) is 0 Å². The summed E-state index contributed by atoms with van der Waals surface area (Å²) in [4.78, 5) is 31.0. The van der Waals surface area contributed by atoms with Crippen molar-refractivity contribution in [3.05, 3.63) is 59.2 Å². The Morgan fingerprint density at radius 1 is 1.20 bits per heavy atom. The van der Waals surface area contributed by atoms with Crippen molar-refractivity contribution < 1.29 is 41.7 Å². The van der Waals surface area contributed by atoms with Gasteiger partial charge in [0.2, 0.25) is 5.91 Å². The molecule has 2 aromatic carbocycles. The van der Waals surface area contributed by atoms with Crippen LogP contribution < -0.4 is 14.2 Å². The average molecular weight is 629 g/mol. The lowest BCUT2D eigenvalue weighted by Gasteiger charge is -2.65. The van der Waals surface area contributed by atoms with Gasteiger partial charge in [0.1, 0.15) is 17.5 Å². The maximum Gasteiger partial charge on any atom is 0.573 e. The Kier molecular flexibility index (Phi) is 7.82. The Labute approximate surface area is 261 Å². The van der Waals surface area contributed by atoms with Gasteiger partial charge in [-0.2, -0.15) is 0 Å². The largest absolute Gasteiger partial charge is 0.573 e. The molecule has 2 heterocycles. The molecule has 2 aliphatic carbocycles. The Bertz CT molecular complexity index is 1530. The Morgan fingerprint density at radius 3 is 2.67 bits per heavy atom. The summed E-state index contributed by atoms with van der Waals surface area (Å²) in [7, 11) is 3.68. The lowest BCUT2D eigenvalue weighted by Crippen LogP contribution is -2.79. The van der Waals surface area contributed by atoms with Gasteiger partial charge in [-0.3, -0.25) is 14.5 Å². The number of halogens is 3. The fourth-order valence-corrected chi connectivity index (χ4v) is 8.49. The third-order valence-corrected chi connectivity index (χ3v) is 9.94. The summed E-state index contributed by atoms with van der Waals surface area (Å²) in [6, 6.07) is 9.08. The van der Waals surface area contributed by atoms with E-state index in [9.17, 15) is 22.8 Å². The SMILES string of the molecule is COc1ccc2c3c1O[C@H]1[C@H](N(CC(C)C)C(=O)C=Cc4cccc(OC(F)(F)F)c4)CC[C@@]4(OC(C)=O)[C@@H](C2)N(C)CC[C@]314. The molecule has 1 saturated heterocycles. The summed E-state index contributed by atoms with van der Waals surface area (Å²) in [6.07, 6.45) is 0.0311. The maximum absolute atomic E-state index is 14.0. The average Bonchev–Trinajstić information content (AvgIpc) is 3.31. The number of carbonyl (C=O) groups is 2. The van der Waals surface area contributed by atoms with E-state index in [1.165, 1.54) is 37.3 Å². The van der Waals surface area contributed by atoms with E-state index in [1.807, 2.05) is 24.8 Å². The third kappa shape index (κ3) is 5.13. The molecule has 0 N–H and O–H groups in total. The van der Waals surface area contributed by atoms with Gasteiger partial charge in [-0.1, -0.05) is 32.0 Å². The topological polar surface area (TPSA) is 77.5 Å². The molecule has 45 heavy (non-hydrogen) atoms. The second kappa shape index (κ2) is 11.3. The summed E-state index contributed by atoms with van der Waals surface area (Å²) in [6.45, 7) is 6.72. The molecule has 2 fully saturated rings. The van der Waals surface area contributed by atoms with Crippen molar-refractivity contribution >= 4 is 18.0 Å². The molecule has 1 amide bonds. The van der Waals surface area contributed by atoms with Gasteiger partial charge in [0, 0.05) is 25.1 Å². The minimum Gasteiger partial charge on any atom is -0.493 e. The molecule has 242 valence electrons. The molecule has 2 aromatic rings. The van der Waals surface area contributed by atoms with Crippen molar-refractivity contribution in [1.29, 1.82) is 0 Å². The zero-order chi connectivity index (χ0) is 32.3. The fraction of sp³-hybridized carbons (Fsp3) is 0.529. The zero-order valence-electron chi connectivity index (χ0n) is 26.1. The van der Waals surface area contributed by atoms with Crippen molar-refractivity contribution in [2.45, 2.75) is 82.0 Å². The summed E-state index contributed by atoms with van der Waals surface area (Å²) in [5.74, 6) is 0.392. The molecule has 11 heteroatoms. The maximum atomic E-state index is 14.0. The van der Waals surface area contributed by atoms with E-state index in [0.717, 1.165) is 17.7 Å². The monoisotopic (exact) mass is 628 g/mol. The van der Waals surface area contributed by atoms with Gasteiger partial charge in [0.15, 0.2) is 11.5 Å². The fourth-order valence-electron chi connectivity index (χ4n) is 8.49. The first-order chi connectivity index (χ1) is 21.3. The van der Waals surface area contributed by atoms with Crippen LogP contribution in [0.3, 0.4) is 0 Å². The predicted molar refractivity (Wildman–Crippen MR) is 160 cm³/mol. The van der Waals surface area contributed by atoms with E-state index in [0.29, 0.717) is 49.3 Å². The highest BCUT2D eigenvalue weighted by Crippen LogP contribution is 2.67. The van der Waals surface area contributed by atoms with E-state index in [-0.39, 0.29) is 35.6 Å². The minimum absolute atomic E-state index is 0.0608. The van der Waals surface area contributed by atoms with Crippen molar-refractivity contribution in [3.63, 3.8) is 0 Å². The molecule has 0 aromatic heterocycles. The number of amides is 1. The molecule has 1 saturated carbocycles. The Morgan fingerprint density at radius 2 is 1.98 bits per heavy atom. The van der Waals surface area contributed by atoms with Crippen LogP contribution in [0.4, 0.5) is 13.2 Å². The van der Waals surface area contributed by atoms with Crippen molar-refractivity contribution in [2.24, 2.45) is 5.92 Å². The number of rotatable bonds is 8. The number of hydrogen-bond donors (Lipinski definition) is 0. The highest BCUT2D eigenvalue weighted by Gasteiger charge is 2.75. The Hall–Kier alpha value is -3.73. The van der Waals surface area contributed by atoms with Crippen LogP contribution in [0, 0.1) is 5.92 Å². The first-order valence-corrected chi connectivity index (χ1v) is 15.4. The number of likely N-dealkylation sites (tertiary alicyclic amines) is 1. The first-order valence-electron chi connectivity index (χ1n) is 15.4. The van der Waals surface area contributed by atoms with Crippen LogP contribution in [0.15, 0.2) is 42.5 Å².